The maximum absolute atomic E-state index is 6.04. The first-order valence-corrected chi connectivity index (χ1v) is 5.84. The van der Waals surface area contributed by atoms with Gasteiger partial charge in [0.2, 0.25) is 5.16 Å². The van der Waals surface area contributed by atoms with Gasteiger partial charge in [-0.05, 0) is 5.56 Å². The van der Waals surface area contributed by atoms with Crippen molar-refractivity contribution in [3.8, 4) is 0 Å². The van der Waals surface area contributed by atoms with Crippen LogP contribution < -0.4 is 11.6 Å². The average Bonchev–Trinajstić information content (AvgIpc) is 2.73. The Hall–Kier alpha value is -1.53. The van der Waals surface area contributed by atoms with Gasteiger partial charge in [-0.3, -0.25) is 0 Å². The minimum Gasteiger partial charge on any atom is -0.336 e. The fraction of sp³-hybridized carbons (Fsp3) is 0.200. The molecule has 1 aromatic heterocycles. The number of benzene rings is 1. The van der Waals surface area contributed by atoms with Crippen molar-refractivity contribution in [2.75, 3.05) is 11.6 Å². The third-order valence-corrected chi connectivity index (χ3v) is 3.24. The Morgan fingerprint density at radius 3 is 2.69 bits per heavy atom. The lowest BCUT2D eigenvalue weighted by Crippen LogP contribution is -2.14. The van der Waals surface area contributed by atoms with E-state index in [0.29, 0.717) is 5.16 Å². The van der Waals surface area contributed by atoms with E-state index in [4.69, 9.17) is 11.6 Å². The van der Waals surface area contributed by atoms with E-state index in [0.717, 1.165) is 11.3 Å². The molecule has 1 unspecified atom stereocenters. The molecule has 1 aromatic carbocycles. The third kappa shape index (κ3) is 2.53. The Morgan fingerprint density at radius 1 is 1.31 bits per heavy atom. The van der Waals surface area contributed by atoms with Crippen LogP contribution in [0.2, 0.25) is 0 Å². The van der Waals surface area contributed by atoms with Crippen LogP contribution in [0.4, 0.5) is 0 Å². The van der Waals surface area contributed by atoms with Crippen LogP contribution in [-0.2, 0) is 0 Å². The smallest absolute Gasteiger partial charge is 0.209 e. The van der Waals surface area contributed by atoms with Crippen molar-refractivity contribution in [2.24, 2.45) is 5.73 Å². The van der Waals surface area contributed by atoms with Crippen LogP contribution in [0.3, 0.4) is 0 Å². The maximum atomic E-state index is 6.04. The van der Waals surface area contributed by atoms with Crippen LogP contribution in [-0.4, -0.2) is 20.6 Å². The molecular formula is C10H13N5S. The predicted molar refractivity (Wildman–Crippen MR) is 64.3 cm³/mol. The topological polar surface area (TPSA) is 82.8 Å². The number of nitrogens with two attached hydrogens (primary N) is 2. The summed E-state index contributed by atoms with van der Waals surface area (Å²) in [6.45, 7) is 0. The molecule has 0 spiro atoms. The van der Waals surface area contributed by atoms with Gasteiger partial charge in [0.05, 0.1) is 0 Å². The molecule has 0 amide bonds. The molecule has 1 heterocycles. The molecule has 0 aliphatic rings. The predicted octanol–water partition coefficient (Wildman–Crippen LogP) is 0.784. The van der Waals surface area contributed by atoms with Gasteiger partial charge in [-0.1, -0.05) is 42.1 Å². The summed E-state index contributed by atoms with van der Waals surface area (Å²) in [6.07, 6.45) is 1.47. The van der Waals surface area contributed by atoms with Crippen molar-refractivity contribution >= 4 is 11.8 Å². The van der Waals surface area contributed by atoms with Gasteiger partial charge in [0.25, 0.3) is 0 Å². The zero-order valence-electron chi connectivity index (χ0n) is 8.65. The number of aromatic nitrogens is 3. The van der Waals surface area contributed by atoms with Crippen molar-refractivity contribution in [1.29, 1.82) is 0 Å². The molecule has 84 valence electrons. The Kier molecular flexibility index (Phi) is 3.43. The number of hydrogen-bond acceptors (Lipinski definition) is 5. The molecule has 0 aliphatic heterocycles. The second-order valence-corrected chi connectivity index (χ2v) is 4.34. The molecule has 0 saturated heterocycles. The normalized spacial score (nSPS) is 12.6. The van der Waals surface area contributed by atoms with Crippen LogP contribution in [0.25, 0.3) is 0 Å². The minimum absolute atomic E-state index is 0.0251. The van der Waals surface area contributed by atoms with Crippen molar-refractivity contribution < 1.29 is 0 Å². The van der Waals surface area contributed by atoms with Crippen molar-refractivity contribution in [3.63, 3.8) is 0 Å². The summed E-state index contributed by atoms with van der Waals surface area (Å²) in [4.78, 5) is 0. The molecule has 16 heavy (non-hydrogen) atoms. The fourth-order valence-corrected chi connectivity index (χ4v) is 2.12. The molecule has 2 rings (SSSR count). The van der Waals surface area contributed by atoms with Crippen LogP contribution in [0.1, 0.15) is 11.6 Å². The molecule has 0 fully saturated rings. The largest absolute Gasteiger partial charge is 0.336 e. The number of rotatable bonds is 4. The van der Waals surface area contributed by atoms with Crippen LogP contribution >= 0.6 is 11.8 Å². The van der Waals surface area contributed by atoms with Gasteiger partial charge in [0, 0.05) is 11.8 Å². The summed E-state index contributed by atoms with van der Waals surface area (Å²) < 4.78 is 1.39. The molecule has 2 aromatic rings. The van der Waals surface area contributed by atoms with Gasteiger partial charge >= 0.3 is 0 Å². The van der Waals surface area contributed by atoms with Crippen molar-refractivity contribution in [1.82, 2.24) is 14.9 Å². The molecule has 4 N–H and O–H groups in total. The maximum Gasteiger partial charge on any atom is 0.209 e. The lowest BCUT2D eigenvalue weighted by atomic mass is 10.1. The van der Waals surface area contributed by atoms with E-state index in [1.807, 2.05) is 30.3 Å². The second kappa shape index (κ2) is 5.00. The van der Waals surface area contributed by atoms with Gasteiger partial charge < -0.3 is 11.6 Å². The highest BCUT2D eigenvalue weighted by atomic mass is 32.2. The summed E-state index contributed by atoms with van der Waals surface area (Å²) in [5.41, 5.74) is 7.15. The monoisotopic (exact) mass is 235 g/mol. The number of nitrogens with zero attached hydrogens (tertiary/aromatic N) is 3. The highest BCUT2D eigenvalue weighted by Gasteiger charge is 2.08. The Morgan fingerprint density at radius 2 is 2.06 bits per heavy atom. The van der Waals surface area contributed by atoms with Gasteiger partial charge in [0.1, 0.15) is 6.33 Å². The first kappa shape index (κ1) is 11.0. The highest BCUT2D eigenvalue weighted by molar-refractivity contribution is 7.99. The summed E-state index contributed by atoms with van der Waals surface area (Å²) >= 11 is 1.50. The number of nitrogen functional groups attached to an aromatic ring is 1. The minimum atomic E-state index is -0.0251. The zero-order valence-corrected chi connectivity index (χ0v) is 9.47. The zero-order chi connectivity index (χ0) is 11.4. The molecule has 0 radical (unpaired) electrons. The SMILES string of the molecule is NC(CSc1nncn1N)c1ccccc1. The van der Waals surface area contributed by atoms with E-state index in [-0.39, 0.29) is 6.04 Å². The first-order chi connectivity index (χ1) is 7.77. The summed E-state index contributed by atoms with van der Waals surface area (Å²) in [6, 6.07) is 9.93. The lowest BCUT2D eigenvalue weighted by molar-refractivity contribution is 0.811. The van der Waals surface area contributed by atoms with Gasteiger partial charge in [-0.2, -0.15) is 0 Å². The first-order valence-electron chi connectivity index (χ1n) is 4.86. The van der Waals surface area contributed by atoms with Crippen LogP contribution in [0.5, 0.6) is 0 Å². The molecule has 6 heteroatoms. The molecule has 0 aliphatic carbocycles. The van der Waals surface area contributed by atoms with Gasteiger partial charge in [-0.25, -0.2) is 4.68 Å². The fourth-order valence-electron chi connectivity index (χ4n) is 1.30. The number of hydrogen-bond donors (Lipinski definition) is 2. The van der Waals surface area contributed by atoms with E-state index in [1.54, 1.807) is 0 Å². The molecular weight excluding hydrogens is 222 g/mol. The van der Waals surface area contributed by atoms with E-state index in [2.05, 4.69) is 10.2 Å². The van der Waals surface area contributed by atoms with Crippen molar-refractivity contribution in [3.05, 3.63) is 42.2 Å². The standard InChI is InChI=1S/C10H13N5S/c11-9(8-4-2-1-3-5-8)6-16-10-14-13-7-15(10)12/h1-5,7,9H,6,11-12H2. The third-order valence-electron chi connectivity index (χ3n) is 2.16. The highest BCUT2D eigenvalue weighted by Crippen LogP contribution is 2.20. The Balaban J connectivity index is 1.94. The average molecular weight is 235 g/mol. The van der Waals surface area contributed by atoms with Crippen LogP contribution in [0, 0.1) is 0 Å². The van der Waals surface area contributed by atoms with Gasteiger partial charge in [0.15, 0.2) is 0 Å². The lowest BCUT2D eigenvalue weighted by Gasteiger charge is -2.10. The molecule has 5 nitrogen and oxygen atoms in total. The summed E-state index contributed by atoms with van der Waals surface area (Å²) in [5, 5.41) is 8.25. The van der Waals surface area contributed by atoms with Crippen molar-refractivity contribution in [2.45, 2.75) is 11.2 Å². The molecule has 1 atom stereocenters. The van der Waals surface area contributed by atoms with Gasteiger partial charge in [-0.15, -0.1) is 10.2 Å². The summed E-state index contributed by atoms with van der Waals surface area (Å²) in [5.74, 6) is 6.32. The van der Waals surface area contributed by atoms with E-state index < -0.39 is 0 Å². The van der Waals surface area contributed by atoms with E-state index >= 15 is 0 Å². The van der Waals surface area contributed by atoms with E-state index in [9.17, 15) is 0 Å². The molecule has 0 bridgehead atoms. The molecule has 0 saturated carbocycles. The number of thioether (sulfide) groups is 1. The Bertz CT molecular complexity index is 441. The second-order valence-electron chi connectivity index (χ2n) is 3.35. The quantitative estimate of drug-likeness (QED) is 0.604. The van der Waals surface area contributed by atoms with E-state index in [1.165, 1.54) is 22.8 Å². The van der Waals surface area contributed by atoms with Crippen LogP contribution in [0.15, 0.2) is 41.8 Å². The Labute approximate surface area is 97.8 Å². The summed E-state index contributed by atoms with van der Waals surface area (Å²) in [7, 11) is 0.